The molecule has 0 saturated carbocycles. The number of hydrogen-bond donors (Lipinski definition) is 1. The third-order valence-corrected chi connectivity index (χ3v) is 2.27. The number of hydrogen-bond acceptors (Lipinski definition) is 6. The molecule has 0 aromatic carbocycles. The molecule has 0 aliphatic carbocycles. The quantitative estimate of drug-likeness (QED) is 0.609. The molecule has 1 N–H and O–H groups in total. The van der Waals surface area contributed by atoms with Crippen LogP contribution in [-0.4, -0.2) is 60.3 Å². The van der Waals surface area contributed by atoms with Crippen molar-refractivity contribution in [2.75, 3.05) is 26.3 Å². The minimum absolute atomic E-state index is 0.104. The zero-order valence-corrected chi connectivity index (χ0v) is 10.8. The van der Waals surface area contributed by atoms with Gasteiger partial charge in [-0.25, -0.2) is 0 Å². The monoisotopic (exact) mass is 261 g/mol. The fourth-order valence-electron chi connectivity index (χ4n) is 1.27. The second-order valence-corrected chi connectivity index (χ2v) is 3.73. The van der Waals surface area contributed by atoms with E-state index < -0.39 is 23.9 Å². The molecule has 0 aromatic rings. The molecule has 0 rings (SSSR count). The zero-order valence-electron chi connectivity index (χ0n) is 10.8. The van der Waals surface area contributed by atoms with Gasteiger partial charge in [0.1, 0.15) is 19.3 Å². The highest BCUT2D eigenvalue weighted by Gasteiger charge is 2.20. The van der Waals surface area contributed by atoms with Crippen LogP contribution in [0.2, 0.25) is 0 Å². The Bertz CT molecular complexity index is 284. The molecule has 0 radical (unpaired) electrons. The maximum Gasteiger partial charge on any atom is 0.320 e. The third-order valence-electron chi connectivity index (χ3n) is 2.27. The van der Waals surface area contributed by atoms with Gasteiger partial charge in [0.15, 0.2) is 0 Å². The van der Waals surface area contributed by atoms with E-state index in [2.05, 4.69) is 0 Å². The summed E-state index contributed by atoms with van der Waals surface area (Å²) in [5.74, 6) is -1.82. The summed E-state index contributed by atoms with van der Waals surface area (Å²) in [5.41, 5.74) is 0. The first-order valence-corrected chi connectivity index (χ1v) is 5.58. The highest BCUT2D eigenvalue weighted by Crippen LogP contribution is 2.00. The highest BCUT2D eigenvalue weighted by molar-refractivity contribution is 5.72. The Morgan fingerprint density at radius 3 is 1.72 bits per heavy atom. The van der Waals surface area contributed by atoms with Crippen LogP contribution in [0.1, 0.15) is 20.8 Å². The number of carboxylic acids is 1. The Balaban J connectivity index is 4.19. The van der Waals surface area contributed by atoms with Gasteiger partial charge in [-0.15, -0.1) is 0 Å². The molecule has 104 valence electrons. The van der Waals surface area contributed by atoms with E-state index in [1.54, 1.807) is 4.90 Å². The van der Waals surface area contributed by atoms with Gasteiger partial charge in [0, 0.05) is 26.9 Å². The first-order chi connectivity index (χ1) is 8.34. The molecule has 1 unspecified atom stereocenters. The lowest BCUT2D eigenvalue weighted by Crippen LogP contribution is -2.43. The van der Waals surface area contributed by atoms with E-state index in [-0.39, 0.29) is 26.3 Å². The van der Waals surface area contributed by atoms with Crippen LogP contribution < -0.4 is 0 Å². The third kappa shape index (κ3) is 7.61. The van der Waals surface area contributed by atoms with Crippen molar-refractivity contribution in [3.8, 4) is 0 Å². The van der Waals surface area contributed by atoms with Gasteiger partial charge >= 0.3 is 17.9 Å². The summed E-state index contributed by atoms with van der Waals surface area (Å²) in [6.45, 7) is 4.83. The van der Waals surface area contributed by atoms with Crippen molar-refractivity contribution in [1.29, 1.82) is 0 Å². The molecule has 0 heterocycles. The van der Waals surface area contributed by atoms with Crippen molar-refractivity contribution in [2.24, 2.45) is 0 Å². The Labute approximate surface area is 106 Å². The van der Waals surface area contributed by atoms with Gasteiger partial charge in [0.25, 0.3) is 0 Å². The number of ether oxygens (including phenoxy) is 2. The summed E-state index contributed by atoms with van der Waals surface area (Å²) >= 11 is 0. The van der Waals surface area contributed by atoms with E-state index >= 15 is 0 Å². The lowest BCUT2D eigenvalue weighted by Gasteiger charge is -2.25. The number of carbonyl (C=O) groups is 3. The highest BCUT2D eigenvalue weighted by atomic mass is 16.5. The standard InChI is InChI=1S/C11H19NO6/c1-8(11(15)16)12(4-6-17-9(2)13)5-7-18-10(3)14/h8H,4-7H2,1-3H3,(H,15,16). The van der Waals surface area contributed by atoms with E-state index in [1.165, 1.54) is 20.8 Å². The Morgan fingerprint density at radius 1 is 1.06 bits per heavy atom. The second kappa shape index (κ2) is 8.46. The van der Waals surface area contributed by atoms with Gasteiger partial charge in [-0.05, 0) is 6.92 Å². The fraction of sp³-hybridized carbons (Fsp3) is 0.727. The first-order valence-electron chi connectivity index (χ1n) is 5.58. The molecule has 0 aliphatic heterocycles. The van der Waals surface area contributed by atoms with Crippen molar-refractivity contribution >= 4 is 17.9 Å². The summed E-state index contributed by atoms with van der Waals surface area (Å²) in [4.78, 5) is 33.7. The molecule has 7 nitrogen and oxygen atoms in total. The Hall–Kier alpha value is -1.63. The molecule has 7 heteroatoms. The molecular weight excluding hydrogens is 242 g/mol. The molecule has 0 spiro atoms. The van der Waals surface area contributed by atoms with E-state index in [4.69, 9.17) is 14.6 Å². The Morgan fingerprint density at radius 2 is 1.44 bits per heavy atom. The average Bonchev–Trinajstić information content (AvgIpc) is 2.25. The second-order valence-electron chi connectivity index (χ2n) is 3.73. The van der Waals surface area contributed by atoms with Gasteiger partial charge in [0.2, 0.25) is 0 Å². The molecule has 0 fully saturated rings. The van der Waals surface area contributed by atoms with Crippen molar-refractivity contribution in [2.45, 2.75) is 26.8 Å². The van der Waals surface area contributed by atoms with E-state index in [1.807, 2.05) is 0 Å². The van der Waals surface area contributed by atoms with Gasteiger partial charge in [-0.3, -0.25) is 19.3 Å². The summed E-state index contributed by atoms with van der Waals surface area (Å²) in [6.07, 6.45) is 0. The molecule has 18 heavy (non-hydrogen) atoms. The number of aliphatic carboxylic acids is 1. The predicted molar refractivity (Wildman–Crippen MR) is 61.9 cm³/mol. The molecule has 0 bridgehead atoms. The van der Waals surface area contributed by atoms with Crippen molar-refractivity contribution in [3.63, 3.8) is 0 Å². The maximum absolute atomic E-state index is 10.9. The van der Waals surface area contributed by atoms with Crippen molar-refractivity contribution in [3.05, 3.63) is 0 Å². The van der Waals surface area contributed by atoms with Gasteiger partial charge in [-0.2, -0.15) is 0 Å². The summed E-state index contributed by atoms with van der Waals surface area (Å²) < 4.78 is 9.50. The van der Waals surface area contributed by atoms with Crippen LogP contribution >= 0.6 is 0 Å². The van der Waals surface area contributed by atoms with Crippen LogP contribution in [0.4, 0.5) is 0 Å². The lowest BCUT2D eigenvalue weighted by atomic mass is 10.3. The van der Waals surface area contributed by atoms with Crippen LogP contribution in [-0.2, 0) is 23.9 Å². The van der Waals surface area contributed by atoms with Crippen molar-refractivity contribution in [1.82, 2.24) is 4.90 Å². The summed E-state index contributed by atoms with van der Waals surface area (Å²) in [7, 11) is 0. The van der Waals surface area contributed by atoms with Gasteiger partial charge in [-0.1, -0.05) is 0 Å². The summed E-state index contributed by atoms with van der Waals surface area (Å²) in [5, 5.41) is 8.91. The number of nitrogens with zero attached hydrogens (tertiary/aromatic N) is 1. The number of esters is 2. The molecule has 0 saturated heterocycles. The van der Waals surface area contributed by atoms with Gasteiger partial charge in [0.05, 0.1) is 0 Å². The fourth-order valence-corrected chi connectivity index (χ4v) is 1.27. The topological polar surface area (TPSA) is 93.1 Å². The molecular formula is C11H19NO6. The smallest absolute Gasteiger partial charge is 0.320 e. The number of carboxylic acid groups (broad SMARTS) is 1. The number of rotatable bonds is 8. The van der Waals surface area contributed by atoms with E-state index in [9.17, 15) is 14.4 Å². The lowest BCUT2D eigenvalue weighted by molar-refractivity contribution is -0.145. The van der Waals surface area contributed by atoms with Crippen molar-refractivity contribution < 1.29 is 29.0 Å². The van der Waals surface area contributed by atoms with Crippen LogP contribution in [0.5, 0.6) is 0 Å². The van der Waals surface area contributed by atoms with Gasteiger partial charge < -0.3 is 14.6 Å². The number of carbonyl (C=O) groups excluding carboxylic acids is 2. The SMILES string of the molecule is CC(=O)OCCN(CCOC(C)=O)C(C)C(=O)O. The predicted octanol–water partition coefficient (Wildman–Crippen LogP) is -0.112. The zero-order chi connectivity index (χ0) is 14.1. The van der Waals surface area contributed by atoms with E-state index in [0.717, 1.165) is 0 Å². The van der Waals surface area contributed by atoms with Crippen LogP contribution in [0.3, 0.4) is 0 Å². The minimum Gasteiger partial charge on any atom is -0.480 e. The largest absolute Gasteiger partial charge is 0.480 e. The summed E-state index contributed by atoms with van der Waals surface area (Å²) in [6, 6.07) is -0.740. The van der Waals surface area contributed by atoms with Crippen LogP contribution in [0, 0.1) is 0 Å². The van der Waals surface area contributed by atoms with E-state index in [0.29, 0.717) is 0 Å². The van der Waals surface area contributed by atoms with Crippen LogP contribution in [0.15, 0.2) is 0 Å². The normalized spacial score (nSPS) is 12.0. The average molecular weight is 261 g/mol. The molecule has 0 amide bonds. The first kappa shape index (κ1) is 16.4. The van der Waals surface area contributed by atoms with Crippen LogP contribution in [0.25, 0.3) is 0 Å². The molecule has 1 atom stereocenters. The minimum atomic E-state index is -0.986. The Kier molecular flexibility index (Phi) is 7.69. The maximum atomic E-state index is 10.9. The molecule has 0 aliphatic rings. The molecule has 0 aromatic heterocycles.